The van der Waals surface area contributed by atoms with E-state index in [4.69, 9.17) is 5.21 Å². The molecule has 0 radical (unpaired) electrons. The number of aryl methyl sites for hydroxylation is 3. The number of carbonyl (C=O) groups excluding carboxylic acids is 1. The summed E-state index contributed by atoms with van der Waals surface area (Å²) in [5.41, 5.74) is 6.36. The van der Waals surface area contributed by atoms with Crippen molar-refractivity contribution in [2.75, 3.05) is 5.32 Å². The molecule has 8 nitrogen and oxygen atoms in total. The Kier molecular flexibility index (Phi) is 7.14. The number of amides is 1. The van der Waals surface area contributed by atoms with Crippen LogP contribution in [-0.2, 0) is 6.54 Å². The molecule has 1 aliphatic rings. The molecule has 180 valence electrons. The molecule has 0 bridgehead atoms. The van der Waals surface area contributed by atoms with E-state index in [1.54, 1.807) is 12.4 Å². The van der Waals surface area contributed by atoms with Gasteiger partial charge in [-0.1, -0.05) is 41.4 Å². The van der Waals surface area contributed by atoms with Crippen LogP contribution in [0, 0.1) is 13.8 Å². The molecule has 2 heterocycles. The van der Waals surface area contributed by atoms with E-state index in [0.29, 0.717) is 12.1 Å². The first-order valence-electron chi connectivity index (χ1n) is 12.1. The van der Waals surface area contributed by atoms with Crippen LogP contribution >= 0.6 is 0 Å². The number of oxime groups is 1. The van der Waals surface area contributed by atoms with E-state index < -0.39 is 0 Å². The normalized spacial score (nSPS) is 16.9. The van der Waals surface area contributed by atoms with Crippen molar-refractivity contribution in [3.8, 4) is 0 Å². The molecule has 1 fully saturated rings. The molecule has 0 spiro atoms. The molecule has 1 unspecified atom stereocenters. The van der Waals surface area contributed by atoms with Crippen molar-refractivity contribution in [1.82, 2.24) is 20.1 Å². The monoisotopic (exact) mass is 462 g/mol. The van der Waals surface area contributed by atoms with Crippen LogP contribution in [0.15, 0.2) is 35.7 Å². The maximum absolute atomic E-state index is 13.6. The van der Waals surface area contributed by atoms with Crippen molar-refractivity contribution in [3.05, 3.63) is 52.8 Å². The molecular formula is C26H34N6O2. The van der Waals surface area contributed by atoms with Crippen molar-refractivity contribution < 1.29 is 10.0 Å². The van der Waals surface area contributed by atoms with Gasteiger partial charge in [0.05, 0.1) is 34.6 Å². The molecule has 34 heavy (non-hydrogen) atoms. The van der Waals surface area contributed by atoms with E-state index in [-0.39, 0.29) is 18.0 Å². The van der Waals surface area contributed by atoms with Crippen LogP contribution in [0.3, 0.4) is 0 Å². The molecule has 3 aromatic rings. The van der Waals surface area contributed by atoms with Gasteiger partial charge in [0.25, 0.3) is 5.91 Å². The summed E-state index contributed by atoms with van der Waals surface area (Å²) in [6, 6.07) is 6.49. The number of fused-ring (bicyclic) bond motifs is 1. The second kappa shape index (κ2) is 10.2. The number of nitrogens with zero attached hydrogens (tertiary/aromatic N) is 4. The summed E-state index contributed by atoms with van der Waals surface area (Å²) in [5, 5.41) is 24.6. The third-order valence-corrected chi connectivity index (χ3v) is 6.62. The van der Waals surface area contributed by atoms with E-state index in [1.165, 1.54) is 11.1 Å². The lowest BCUT2D eigenvalue weighted by Crippen LogP contribution is -2.31. The summed E-state index contributed by atoms with van der Waals surface area (Å²) in [7, 11) is 0. The predicted molar refractivity (Wildman–Crippen MR) is 135 cm³/mol. The van der Waals surface area contributed by atoms with Gasteiger partial charge in [-0.2, -0.15) is 5.10 Å². The molecule has 1 aliphatic carbocycles. The Balaban J connectivity index is 1.66. The van der Waals surface area contributed by atoms with Gasteiger partial charge in [-0.3, -0.25) is 4.79 Å². The number of benzene rings is 1. The molecular weight excluding hydrogens is 428 g/mol. The van der Waals surface area contributed by atoms with E-state index in [0.717, 1.165) is 60.1 Å². The van der Waals surface area contributed by atoms with Gasteiger partial charge in [-0.15, -0.1) is 0 Å². The minimum absolute atomic E-state index is 0.0917. The standard InChI is InChI=1S/C26H34N6O2/c1-5-23(18-12-16(3)11-17(4)13-18)30-26(33)22-14-27-25-21(15-28-32(25)6-2)24(22)29-19-7-9-20(31-34)10-8-19/h11-15,19,23,34H,5-10H2,1-4H3,(H,27,29)(H,30,33). The zero-order chi connectivity index (χ0) is 24.2. The molecule has 1 amide bonds. The average Bonchev–Trinajstić information content (AvgIpc) is 3.26. The molecule has 0 saturated heterocycles. The number of hydrogen-bond donors (Lipinski definition) is 3. The Hall–Kier alpha value is -3.42. The number of anilines is 1. The molecule has 4 rings (SSSR count). The van der Waals surface area contributed by atoms with Crippen LogP contribution in [0.1, 0.15) is 79.0 Å². The first-order valence-corrected chi connectivity index (χ1v) is 12.1. The number of aromatic nitrogens is 3. The van der Waals surface area contributed by atoms with Crippen molar-refractivity contribution in [2.24, 2.45) is 5.16 Å². The number of carbonyl (C=O) groups is 1. The summed E-state index contributed by atoms with van der Waals surface area (Å²) < 4.78 is 1.84. The lowest BCUT2D eigenvalue weighted by molar-refractivity contribution is 0.0936. The zero-order valence-corrected chi connectivity index (χ0v) is 20.4. The highest BCUT2D eigenvalue weighted by Gasteiger charge is 2.25. The first kappa shape index (κ1) is 23.7. The molecule has 1 aromatic carbocycles. The Morgan fingerprint density at radius 3 is 2.50 bits per heavy atom. The number of hydrogen-bond acceptors (Lipinski definition) is 6. The summed E-state index contributed by atoms with van der Waals surface area (Å²) in [5.74, 6) is -0.152. The van der Waals surface area contributed by atoms with Gasteiger partial charge in [-0.05, 0) is 58.4 Å². The number of pyridine rings is 1. The minimum atomic E-state index is -0.152. The van der Waals surface area contributed by atoms with E-state index >= 15 is 0 Å². The van der Waals surface area contributed by atoms with Crippen molar-refractivity contribution in [3.63, 3.8) is 0 Å². The lowest BCUT2D eigenvalue weighted by Gasteiger charge is -2.26. The molecule has 0 aliphatic heterocycles. The van der Waals surface area contributed by atoms with Crippen LogP contribution in [0.25, 0.3) is 11.0 Å². The van der Waals surface area contributed by atoms with Gasteiger partial charge in [0.15, 0.2) is 5.65 Å². The second-order valence-electron chi connectivity index (χ2n) is 9.18. The minimum Gasteiger partial charge on any atom is -0.411 e. The average molecular weight is 463 g/mol. The fraction of sp³-hybridized carbons (Fsp3) is 0.462. The van der Waals surface area contributed by atoms with E-state index in [1.807, 2.05) is 11.6 Å². The third-order valence-electron chi connectivity index (χ3n) is 6.62. The first-order chi connectivity index (χ1) is 16.4. The van der Waals surface area contributed by atoms with Crippen LogP contribution in [0.2, 0.25) is 0 Å². The third kappa shape index (κ3) is 4.90. The topological polar surface area (TPSA) is 104 Å². The fourth-order valence-corrected chi connectivity index (χ4v) is 4.85. The van der Waals surface area contributed by atoms with Crippen molar-refractivity contribution in [2.45, 2.75) is 78.4 Å². The Morgan fingerprint density at radius 1 is 1.18 bits per heavy atom. The summed E-state index contributed by atoms with van der Waals surface area (Å²) in [4.78, 5) is 18.2. The Bertz CT molecular complexity index is 1190. The summed E-state index contributed by atoms with van der Waals surface area (Å²) in [6.45, 7) is 8.96. The van der Waals surface area contributed by atoms with Gasteiger partial charge < -0.3 is 15.8 Å². The summed E-state index contributed by atoms with van der Waals surface area (Å²) in [6.07, 6.45) is 7.39. The summed E-state index contributed by atoms with van der Waals surface area (Å²) >= 11 is 0. The Morgan fingerprint density at radius 2 is 1.88 bits per heavy atom. The maximum atomic E-state index is 13.6. The predicted octanol–water partition coefficient (Wildman–Crippen LogP) is 5.13. The van der Waals surface area contributed by atoms with E-state index in [9.17, 15) is 4.79 Å². The molecule has 3 N–H and O–H groups in total. The van der Waals surface area contributed by atoms with Gasteiger partial charge >= 0.3 is 0 Å². The molecule has 1 saturated carbocycles. The highest BCUT2D eigenvalue weighted by atomic mass is 16.4. The number of nitrogens with one attached hydrogen (secondary N) is 2. The fourth-order valence-electron chi connectivity index (χ4n) is 4.85. The molecule has 2 aromatic heterocycles. The smallest absolute Gasteiger partial charge is 0.255 e. The second-order valence-corrected chi connectivity index (χ2v) is 9.18. The van der Waals surface area contributed by atoms with Crippen LogP contribution in [0.4, 0.5) is 5.69 Å². The quantitative estimate of drug-likeness (QED) is 0.333. The zero-order valence-electron chi connectivity index (χ0n) is 20.4. The SMILES string of the molecule is CCC(NC(=O)c1cnc2c(cnn2CC)c1NC1CCC(=NO)CC1)c1cc(C)cc(C)c1. The van der Waals surface area contributed by atoms with Gasteiger partial charge in [0.2, 0.25) is 0 Å². The number of rotatable bonds is 7. The largest absolute Gasteiger partial charge is 0.411 e. The Labute approximate surface area is 200 Å². The van der Waals surface area contributed by atoms with Gasteiger partial charge in [0, 0.05) is 18.8 Å². The van der Waals surface area contributed by atoms with E-state index in [2.05, 4.69) is 64.8 Å². The lowest BCUT2D eigenvalue weighted by atomic mass is 9.93. The highest BCUT2D eigenvalue weighted by Crippen LogP contribution is 2.30. The van der Waals surface area contributed by atoms with Crippen LogP contribution in [-0.4, -0.2) is 37.6 Å². The molecule has 1 atom stereocenters. The molecule has 8 heteroatoms. The maximum Gasteiger partial charge on any atom is 0.255 e. The van der Waals surface area contributed by atoms with Crippen LogP contribution < -0.4 is 10.6 Å². The van der Waals surface area contributed by atoms with Crippen LogP contribution in [0.5, 0.6) is 0 Å². The van der Waals surface area contributed by atoms with Gasteiger partial charge in [-0.25, -0.2) is 9.67 Å². The van der Waals surface area contributed by atoms with Crippen molar-refractivity contribution >= 4 is 28.3 Å². The van der Waals surface area contributed by atoms with Gasteiger partial charge in [0.1, 0.15) is 0 Å². The van der Waals surface area contributed by atoms with Crippen molar-refractivity contribution in [1.29, 1.82) is 0 Å². The highest BCUT2D eigenvalue weighted by molar-refractivity contribution is 6.06.